The number of carbonyl (C=O) groups excluding carboxylic acids is 2. The van der Waals surface area contributed by atoms with E-state index in [0.717, 1.165) is 16.9 Å². The van der Waals surface area contributed by atoms with E-state index in [1.54, 1.807) is 42.5 Å². The van der Waals surface area contributed by atoms with Crippen molar-refractivity contribution in [2.75, 3.05) is 18.6 Å². The fourth-order valence-corrected chi connectivity index (χ4v) is 6.78. The number of nitrogens with zero attached hydrogens (tertiary/aromatic N) is 3. The number of amides is 1. The van der Waals surface area contributed by atoms with Crippen molar-refractivity contribution < 1.29 is 29.3 Å². The summed E-state index contributed by atoms with van der Waals surface area (Å²) in [7, 11) is 1.39. The number of ketones is 1. The van der Waals surface area contributed by atoms with Gasteiger partial charge in [0.2, 0.25) is 5.13 Å². The van der Waals surface area contributed by atoms with Gasteiger partial charge in [-0.05, 0) is 82.5 Å². The number of thioether (sulfide) groups is 1. The number of anilines is 1. The van der Waals surface area contributed by atoms with Crippen LogP contribution in [-0.4, -0.2) is 45.8 Å². The highest BCUT2D eigenvalue weighted by molar-refractivity contribution is 9.10. The van der Waals surface area contributed by atoms with Crippen molar-refractivity contribution in [3.05, 3.63) is 92.4 Å². The Kier molecular flexibility index (Phi) is 9.07. The Morgan fingerprint density at radius 1 is 1.12 bits per heavy atom. The van der Waals surface area contributed by atoms with Crippen LogP contribution in [-0.2, 0) is 15.3 Å². The maximum atomic E-state index is 13.5. The van der Waals surface area contributed by atoms with E-state index in [9.17, 15) is 19.8 Å². The van der Waals surface area contributed by atoms with Crippen molar-refractivity contribution in [1.82, 2.24) is 10.2 Å². The molecular weight excluding hydrogens is 666 g/mol. The lowest BCUT2D eigenvalue weighted by Gasteiger charge is -2.23. The molecular formula is C29H23BrClN3O6S2. The minimum Gasteiger partial charge on any atom is -0.507 e. The molecule has 3 aromatic carbocycles. The third-order valence-electron chi connectivity index (χ3n) is 6.35. The number of methoxy groups -OCH3 is 1. The van der Waals surface area contributed by atoms with Gasteiger partial charge in [0, 0.05) is 16.3 Å². The van der Waals surface area contributed by atoms with E-state index in [1.165, 1.54) is 29.8 Å². The molecule has 0 radical (unpaired) electrons. The average molecular weight is 689 g/mol. The number of carbonyl (C=O) groups is 2. The molecule has 0 spiro atoms. The van der Waals surface area contributed by atoms with Gasteiger partial charge < -0.3 is 19.7 Å². The highest BCUT2D eigenvalue weighted by Crippen LogP contribution is 2.47. The van der Waals surface area contributed by atoms with Gasteiger partial charge in [-0.1, -0.05) is 46.8 Å². The lowest BCUT2D eigenvalue weighted by Crippen LogP contribution is -2.29. The molecule has 1 fully saturated rings. The Balaban J connectivity index is 1.57. The molecule has 1 aliphatic heterocycles. The smallest absolute Gasteiger partial charge is 0.301 e. The van der Waals surface area contributed by atoms with Crippen LogP contribution < -0.4 is 14.4 Å². The van der Waals surface area contributed by atoms with Gasteiger partial charge in [0.1, 0.15) is 11.5 Å². The minimum atomic E-state index is -1.09. The average Bonchev–Trinajstić information content (AvgIpc) is 3.56. The molecule has 216 valence electrons. The number of Topliss-reactive ketones (excluding diaryl/α,β-unsaturated/α-hetero) is 1. The molecule has 2 N–H and O–H groups in total. The van der Waals surface area contributed by atoms with E-state index in [1.807, 2.05) is 19.1 Å². The van der Waals surface area contributed by atoms with Gasteiger partial charge in [0.15, 0.2) is 15.8 Å². The summed E-state index contributed by atoms with van der Waals surface area (Å²) in [6.45, 7) is 2.32. The van der Waals surface area contributed by atoms with Crippen LogP contribution in [0.2, 0.25) is 5.02 Å². The summed E-state index contributed by atoms with van der Waals surface area (Å²) < 4.78 is 11.7. The van der Waals surface area contributed by atoms with Crippen LogP contribution in [0.1, 0.15) is 29.7 Å². The number of phenols is 1. The van der Waals surface area contributed by atoms with Gasteiger partial charge in [0.25, 0.3) is 5.78 Å². The maximum absolute atomic E-state index is 13.5. The topological polar surface area (TPSA) is 122 Å². The summed E-state index contributed by atoms with van der Waals surface area (Å²) in [5.41, 5.74) is 1.60. The van der Waals surface area contributed by atoms with Crippen LogP contribution in [0.5, 0.6) is 17.2 Å². The zero-order chi connectivity index (χ0) is 30.0. The van der Waals surface area contributed by atoms with Gasteiger partial charge in [-0.15, -0.1) is 10.2 Å². The number of aromatic nitrogens is 2. The largest absolute Gasteiger partial charge is 0.507 e. The number of halogens is 2. The summed E-state index contributed by atoms with van der Waals surface area (Å²) in [5, 5.41) is 31.1. The van der Waals surface area contributed by atoms with Crippen LogP contribution in [0.25, 0.3) is 5.76 Å². The summed E-state index contributed by atoms with van der Waals surface area (Å²) in [6.07, 6.45) is 0. The number of hydrogen-bond acceptors (Lipinski definition) is 10. The van der Waals surface area contributed by atoms with E-state index in [2.05, 4.69) is 26.1 Å². The van der Waals surface area contributed by atoms with Crippen LogP contribution in [0, 0.1) is 0 Å². The monoisotopic (exact) mass is 687 g/mol. The van der Waals surface area contributed by atoms with E-state index < -0.39 is 17.7 Å². The Morgan fingerprint density at radius 2 is 1.83 bits per heavy atom. The van der Waals surface area contributed by atoms with Crippen molar-refractivity contribution in [2.45, 2.75) is 23.1 Å². The number of aliphatic hydroxyl groups excluding tert-OH is 1. The summed E-state index contributed by atoms with van der Waals surface area (Å²) in [4.78, 5) is 28.3. The normalized spacial score (nSPS) is 16.2. The second kappa shape index (κ2) is 12.7. The van der Waals surface area contributed by atoms with Crippen molar-refractivity contribution >= 4 is 73.2 Å². The molecule has 1 amide bonds. The zero-order valence-electron chi connectivity index (χ0n) is 22.2. The first-order chi connectivity index (χ1) is 20.2. The Hall–Kier alpha value is -3.58. The van der Waals surface area contributed by atoms with Crippen LogP contribution >= 0.6 is 50.6 Å². The van der Waals surface area contributed by atoms with E-state index in [4.69, 9.17) is 21.1 Å². The van der Waals surface area contributed by atoms with Gasteiger partial charge >= 0.3 is 5.91 Å². The Labute approximate surface area is 262 Å². The molecule has 1 aliphatic rings. The molecule has 2 heterocycles. The fraction of sp³-hybridized carbons (Fsp3) is 0.172. The van der Waals surface area contributed by atoms with Gasteiger partial charge in [-0.25, -0.2) is 0 Å². The van der Waals surface area contributed by atoms with Crippen molar-refractivity contribution in [1.29, 1.82) is 0 Å². The number of phenolic OH excluding ortho intramolecular Hbond substituents is 1. The zero-order valence-corrected chi connectivity index (χ0v) is 26.2. The number of ether oxygens (including phenoxy) is 2. The third-order valence-corrected chi connectivity index (χ3v) is 9.33. The second-order valence-corrected chi connectivity index (χ2v) is 12.4. The van der Waals surface area contributed by atoms with Crippen LogP contribution in [0.4, 0.5) is 5.13 Å². The number of aliphatic hydroxyl groups is 1. The molecule has 42 heavy (non-hydrogen) atoms. The molecule has 1 saturated heterocycles. The molecule has 5 rings (SSSR count). The van der Waals surface area contributed by atoms with Crippen molar-refractivity contribution in [3.8, 4) is 17.2 Å². The SMILES string of the molecule is CCOc1ccc(/C(O)=C2/C(=O)C(=O)N(c3nnc(SCc4ccc(Cl)cc4)s3)C2c2cc(Br)c(O)c(OC)c2)cc1. The Morgan fingerprint density at radius 3 is 2.50 bits per heavy atom. The lowest BCUT2D eigenvalue weighted by atomic mass is 9.95. The molecule has 13 heteroatoms. The molecule has 1 atom stereocenters. The predicted octanol–water partition coefficient (Wildman–Crippen LogP) is 6.99. The highest BCUT2D eigenvalue weighted by atomic mass is 79.9. The number of benzene rings is 3. The first-order valence-corrected chi connectivity index (χ1v) is 15.5. The molecule has 1 aromatic heterocycles. The van der Waals surface area contributed by atoms with Gasteiger partial charge in [0.05, 0.1) is 29.8 Å². The molecule has 0 saturated carbocycles. The molecule has 4 aromatic rings. The van der Waals surface area contributed by atoms with E-state index in [-0.39, 0.29) is 32.4 Å². The lowest BCUT2D eigenvalue weighted by molar-refractivity contribution is -0.132. The molecule has 1 unspecified atom stereocenters. The van der Waals surface area contributed by atoms with E-state index in [0.29, 0.717) is 38.6 Å². The molecule has 0 aliphatic carbocycles. The highest BCUT2D eigenvalue weighted by Gasteiger charge is 2.48. The second-order valence-electron chi connectivity index (χ2n) is 8.95. The number of hydrogen-bond donors (Lipinski definition) is 2. The summed E-state index contributed by atoms with van der Waals surface area (Å²) in [5.74, 6) is -0.983. The standard InChI is InChI=1S/C29H23BrClN3O6S2/c1-3-40-19-10-6-16(7-11-19)24(35)22-23(17-12-20(30)25(36)21(13-17)39-2)34(27(38)26(22)37)28-32-33-29(42-28)41-14-15-4-8-18(31)9-5-15/h4-13,23,35-36H,3,14H2,1-2H3/b24-22-. The first-order valence-electron chi connectivity index (χ1n) is 12.5. The Bertz CT molecular complexity index is 1680. The van der Waals surface area contributed by atoms with Crippen LogP contribution in [0.15, 0.2) is 75.0 Å². The number of aromatic hydroxyl groups is 1. The first kappa shape index (κ1) is 29.9. The molecule has 0 bridgehead atoms. The van der Waals surface area contributed by atoms with Gasteiger partial charge in [-0.3, -0.25) is 14.5 Å². The fourth-order valence-electron chi connectivity index (χ4n) is 4.37. The summed E-state index contributed by atoms with van der Waals surface area (Å²) >= 11 is 11.9. The summed E-state index contributed by atoms with van der Waals surface area (Å²) in [6, 6.07) is 15.9. The van der Waals surface area contributed by atoms with E-state index >= 15 is 0 Å². The predicted molar refractivity (Wildman–Crippen MR) is 166 cm³/mol. The third kappa shape index (κ3) is 5.98. The van der Waals surface area contributed by atoms with Gasteiger partial charge in [-0.2, -0.15) is 0 Å². The van der Waals surface area contributed by atoms with Crippen LogP contribution in [0.3, 0.4) is 0 Å². The number of rotatable bonds is 9. The quantitative estimate of drug-likeness (QED) is 0.0630. The molecule has 9 nitrogen and oxygen atoms in total. The van der Waals surface area contributed by atoms with Crippen molar-refractivity contribution in [3.63, 3.8) is 0 Å². The maximum Gasteiger partial charge on any atom is 0.301 e. The van der Waals surface area contributed by atoms with Crippen molar-refractivity contribution in [2.24, 2.45) is 0 Å². The minimum absolute atomic E-state index is 0.113.